The molecule has 2 fully saturated rings. The molecule has 0 spiro atoms. The van der Waals surface area contributed by atoms with Crippen molar-refractivity contribution in [3.8, 4) is 0 Å². The molecule has 8 nitrogen and oxygen atoms in total. The van der Waals surface area contributed by atoms with Gasteiger partial charge in [0.15, 0.2) is 6.04 Å². The van der Waals surface area contributed by atoms with Crippen molar-refractivity contribution in [2.75, 3.05) is 18.5 Å². The van der Waals surface area contributed by atoms with Crippen LogP contribution in [-0.2, 0) is 17.8 Å². The number of likely N-dealkylation sites (tertiary alicyclic amines) is 1. The van der Waals surface area contributed by atoms with Gasteiger partial charge in [0.05, 0.1) is 23.5 Å². The van der Waals surface area contributed by atoms with Gasteiger partial charge in [-0.1, -0.05) is 66.7 Å². The number of allylic oxidation sites excluding steroid dienone is 1. The maximum atomic E-state index is 14.1. The lowest BCUT2D eigenvalue weighted by Crippen LogP contribution is -2.67. The van der Waals surface area contributed by atoms with Gasteiger partial charge in [0, 0.05) is 20.1 Å². The van der Waals surface area contributed by atoms with Crippen LogP contribution in [-0.4, -0.2) is 69.6 Å². The first-order valence-electron chi connectivity index (χ1n) is 13.5. The molecule has 2 heterocycles. The second kappa shape index (κ2) is 11.7. The SMILES string of the molecule is C=CCc1ccc(CN(C)C(=O)N2[C@H]3CC[C@@H]2[C@@H](C(=O)O)N(C(=O)N(c2ccccc2)c2ccccc2)C3)cc1. The number of anilines is 2. The number of carboxylic acid groups (broad SMARTS) is 1. The number of nitrogens with zero attached hydrogens (tertiary/aromatic N) is 4. The molecule has 0 aromatic heterocycles. The normalized spacial score (nSPS) is 19.7. The topological polar surface area (TPSA) is 84.4 Å². The van der Waals surface area contributed by atoms with Gasteiger partial charge in [-0.25, -0.2) is 14.4 Å². The van der Waals surface area contributed by atoms with Crippen molar-refractivity contribution >= 4 is 29.4 Å². The predicted molar refractivity (Wildman–Crippen MR) is 154 cm³/mol. The summed E-state index contributed by atoms with van der Waals surface area (Å²) in [5, 5.41) is 10.4. The van der Waals surface area contributed by atoms with Gasteiger partial charge < -0.3 is 19.8 Å². The minimum atomic E-state index is -1.16. The Morgan fingerprint density at radius 2 is 1.45 bits per heavy atom. The molecule has 1 N–H and O–H groups in total. The summed E-state index contributed by atoms with van der Waals surface area (Å²) in [5.74, 6) is -1.11. The van der Waals surface area contributed by atoms with E-state index in [1.54, 1.807) is 21.7 Å². The highest BCUT2D eigenvalue weighted by molar-refractivity contribution is 6.01. The molecule has 3 aromatic carbocycles. The summed E-state index contributed by atoms with van der Waals surface area (Å²) in [4.78, 5) is 46.8. The molecule has 0 aliphatic carbocycles. The molecule has 4 amide bonds. The minimum absolute atomic E-state index is 0.151. The highest BCUT2D eigenvalue weighted by Gasteiger charge is 2.54. The molecule has 0 radical (unpaired) electrons. The highest BCUT2D eigenvalue weighted by atomic mass is 16.4. The smallest absolute Gasteiger partial charge is 0.329 e. The van der Waals surface area contributed by atoms with Crippen molar-refractivity contribution in [3.05, 3.63) is 109 Å². The summed E-state index contributed by atoms with van der Waals surface area (Å²) in [6.07, 6.45) is 3.80. The first-order chi connectivity index (χ1) is 19.4. The Balaban J connectivity index is 1.39. The summed E-state index contributed by atoms with van der Waals surface area (Å²) in [5.41, 5.74) is 3.43. The Labute approximate surface area is 234 Å². The molecule has 40 heavy (non-hydrogen) atoms. The molecule has 3 aromatic rings. The first kappa shape index (κ1) is 27.0. The van der Waals surface area contributed by atoms with E-state index in [2.05, 4.69) is 6.58 Å². The van der Waals surface area contributed by atoms with E-state index in [-0.39, 0.29) is 18.6 Å². The van der Waals surface area contributed by atoms with Crippen LogP contribution in [0.1, 0.15) is 24.0 Å². The lowest BCUT2D eigenvalue weighted by Gasteiger charge is -2.47. The van der Waals surface area contributed by atoms with Crippen LogP contribution in [0.4, 0.5) is 21.0 Å². The number of hydrogen-bond acceptors (Lipinski definition) is 3. The van der Waals surface area contributed by atoms with Crippen LogP contribution in [0.5, 0.6) is 0 Å². The highest BCUT2D eigenvalue weighted by Crippen LogP contribution is 2.37. The third-order valence-electron chi connectivity index (χ3n) is 7.74. The number of para-hydroxylation sites is 2. The van der Waals surface area contributed by atoms with Crippen molar-refractivity contribution in [3.63, 3.8) is 0 Å². The Kier molecular flexibility index (Phi) is 7.86. The average molecular weight is 539 g/mol. The fourth-order valence-corrected chi connectivity index (χ4v) is 5.88. The van der Waals surface area contributed by atoms with E-state index < -0.39 is 24.1 Å². The monoisotopic (exact) mass is 538 g/mol. The number of hydrogen-bond donors (Lipinski definition) is 1. The van der Waals surface area contributed by atoms with Crippen LogP contribution in [0, 0.1) is 0 Å². The molecule has 0 saturated carbocycles. The van der Waals surface area contributed by atoms with Gasteiger partial charge in [-0.05, 0) is 54.7 Å². The second-order valence-electron chi connectivity index (χ2n) is 10.4. The number of fused-ring (bicyclic) bond motifs is 2. The number of piperazine rings is 1. The zero-order chi connectivity index (χ0) is 28.2. The van der Waals surface area contributed by atoms with Crippen LogP contribution < -0.4 is 4.90 Å². The van der Waals surface area contributed by atoms with Crippen molar-refractivity contribution in [2.45, 2.75) is 43.9 Å². The van der Waals surface area contributed by atoms with E-state index in [1.165, 1.54) is 4.90 Å². The number of aliphatic carboxylic acids is 1. The van der Waals surface area contributed by atoms with Gasteiger partial charge in [-0.2, -0.15) is 0 Å². The molecule has 5 rings (SSSR count). The van der Waals surface area contributed by atoms with E-state index >= 15 is 0 Å². The zero-order valence-corrected chi connectivity index (χ0v) is 22.6. The maximum absolute atomic E-state index is 14.1. The van der Waals surface area contributed by atoms with Gasteiger partial charge in [0.2, 0.25) is 0 Å². The molecular weight excluding hydrogens is 504 g/mol. The van der Waals surface area contributed by atoms with Crippen molar-refractivity contribution in [1.82, 2.24) is 14.7 Å². The van der Waals surface area contributed by atoms with Crippen LogP contribution >= 0.6 is 0 Å². The number of carbonyl (C=O) groups is 3. The largest absolute Gasteiger partial charge is 0.480 e. The second-order valence-corrected chi connectivity index (χ2v) is 10.4. The molecular formula is C32H34N4O4. The lowest BCUT2D eigenvalue weighted by molar-refractivity contribution is -0.145. The number of benzene rings is 3. The van der Waals surface area contributed by atoms with Gasteiger partial charge in [-0.15, -0.1) is 6.58 Å². The summed E-state index contributed by atoms with van der Waals surface area (Å²) in [6.45, 7) is 4.32. The van der Waals surface area contributed by atoms with Crippen LogP contribution in [0.2, 0.25) is 0 Å². The number of carboxylic acids is 1. The molecule has 0 unspecified atom stereocenters. The third-order valence-corrected chi connectivity index (χ3v) is 7.74. The third kappa shape index (κ3) is 5.30. The van der Waals surface area contributed by atoms with E-state index in [1.807, 2.05) is 91.0 Å². The predicted octanol–water partition coefficient (Wildman–Crippen LogP) is 5.53. The van der Waals surface area contributed by atoms with Gasteiger partial charge in [-0.3, -0.25) is 4.90 Å². The fourth-order valence-electron chi connectivity index (χ4n) is 5.88. The van der Waals surface area contributed by atoms with Crippen molar-refractivity contribution in [1.29, 1.82) is 0 Å². The standard InChI is InChI=1S/C32H34N4O4/c1-3-10-23-15-17-24(18-16-23)21-33(2)31(39)36-27-19-20-28(36)29(30(37)38)34(22-27)32(40)35(25-11-6-4-7-12-25)26-13-8-5-9-14-26/h3-9,11-18,27-29H,1,10,19-22H2,2H3,(H,37,38)/t27-,28+,29-/m0/s1. The zero-order valence-electron chi connectivity index (χ0n) is 22.6. The van der Waals surface area contributed by atoms with Gasteiger partial charge >= 0.3 is 18.0 Å². The van der Waals surface area contributed by atoms with E-state index in [0.717, 1.165) is 17.5 Å². The van der Waals surface area contributed by atoms with E-state index in [4.69, 9.17) is 0 Å². The van der Waals surface area contributed by atoms with Crippen LogP contribution in [0.3, 0.4) is 0 Å². The van der Waals surface area contributed by atoms with Crippen molar-refractivity contribution in [2.24, 2.45) is 0 Å². The lowest BCUT2D eigenvalue weighted by atomic mass is 10.0. The Bertz CT molecular complexity index is 1320. The van der Waals surface area contributed by atoms with Crippen molar-refractivity contribution < 1.29 is 19.5 Å². The van der Waals surface area contributed by atoms with Crippen LogP contribution in [0.15, 0.2) is 97.6 Å². The number of urea groups is 2. The first-order valence-corrected chi connectivity index (χ1v) is 13.5. The van der Waals surface area contributed by atoms with Gasteiger partial charge in [0.25, 0.3) is 0 Å². The van der Waals surface area contributed by atoms with E-state index in [9.17, 15) is 19.5 Å². The Morgan fingerprint density at radius 3 is 2.00 bits per heavy atom. The van der Waals surface area contributed by atoms with Crippen LogP contribution in [0.25, 0.3) is 0 Å². The molecule has 8 heteroatoms. The molecule has 2 bridgehead atoms. The molecule has 2 aliphatic heterocycles. The molecule has 2 aliphatic rings. The number of rotatable bonds is 7. The van der Waals surface area contributed by atoms with E-state index in [0.29, 0.717) is 30.8 Å². The number of amides is 4. The fraction of sp³-hybridized carbons (Fsp3) is 0.281. The number of carbonyl (C=O) groups excluding carboxylic acids is 2. The summed E-state index contributed by atoms with van der Waals surface area (Å²) < 4.78 is 0. The summed E-state index contributed by atoms with van der Waals surface area (Å²) in [7, 11) is 1.74. The average Bonchev–Trinajstić information content (AvgIpc) is 3.26. The Morgan fingerprint density at radius 1 is 0.875 bits per heavy atom. The molecule has 3 atom stereocenters. The molecule has 2 saturated heterocycles. The minimum Gasteiger partial charge on any atom is -0.480 e. The van der Waals surface area contributed by atoms with Gasteiger partial charge in [0.1, 0.15) is 0 Å². The summed E-state index contributed by atoms with van der Waals surface area (Å²) >= 11 is 0. The Hall–Kier alpha value is -4.59. The molecule has 206 valence electrons. The summed E-state index contributed by atoms with van der Waals surface area (Å²) in [6, 6.07) is 23.8. The quantitative estimate of drug-likeness (QED) is 0.401. The maximum Gasteiger partial charge on any atom is 0.329 e.